The Hall–Kier alpha value is -0.370. The zero-order valence-electron chi connectivity index (χ0n) is 7.85. The predicted octanol–water partition coefficient (Wildman–Crippen LogP) is 1.76. The van der Waals surface area contributed by atoms with Crippen molar-refractivity contribution in [2.24, 2.45) is 5.92 Å². The lowest BCUT2D eigenvalue weighted by molar-refractivity contribution is -0.117. The lowest BCUT2D eigenvalue weighted by atomic mass is 9.88. The third kappa shape index (κ3) is 4.96. The molecule has 0 bridgehead atoms. The van der Waals surface area contributed by atoms with Crippen LogP contribution in [0.25, 0.3) is 0 Å². The highest BCUT2D eigenvalue weighted by atomic mass is 16.3. The highest BCUT2D eigenvalue weighted by Crippen LogP contribution is 2.20. The van der Waals surface area contributed by atoms with E-state index in [1.54, 1.807) is 20.8 Å². The van der Waals surface area contributed by atoms with Crippen molar-refractivity contribution in [3.05, 3.63) is 0 Å². The van der Waals surface area contributed by atoms with E-state index in [-0.39, 0.29) is 11.7 Å². The zero-order valence-corrected chi connectivity index (χ0v) is 7.85. The molecule has 0 fully saturated rings. The second-order valence-corrected chi connectivity index (χ2v) is 3.80. The molecule has 0 saturated heterocycles. The number of hydrogen-bond donors (Lipinski definition) is 1. The fourth-order valence-electron chi connectivity index (χ4n) is 0.773. The highest BCUT2D eigenvalue weighted by molar-refractivity contribution is 5.75. The molecule has 1 unspecified atom stereocenters. The van der Waals surface area contributed by atoms with Crippen LogP contribution in [0, 0.1) is 5.92 Å². The average molecular weight is 158 g/mol. The minimum Gasteiger partial charge on any atom is -0.390 e. The average Bonchev–Trinajstić information content (AvgIpc) is 1.80. The van der Waals surface area contributed by atoms with E-state index < -0.39 is 5.60 Å². The summed E-state index contributed by atoms with van der Waals surface area (Å²) in [4.78, 5) is 10.6. The Morgan fingerprint density at radius 3 is 2.27 bits per heavy atom. The largest absolute Gasteiger partial charge is 0.390 e. The maximum absolute atomic E-state index is 10.6. The van der Waals surface area contributed by atoms with E-state index >= 15 is 0 Å². The molecule has 0 aromatic heterocycles. The first-order valence-electron chi connectivity index (χ1n) is 4.06. The fraction of sp³-hybridized carbons (Fsp3) is 0.889. The molecule has 0 aliphatic carbocycles. The van der Waals surface area contributed by atoms with E-state index in [2.05, 4.69) is 0 Å². The van der Waals surface area contributed by atoms with Crippen LogP contribution in [0.1, 0.15) is 40.5 Å². The van der Waals surface area contributed by atoms with Crippen LogP contribution in [-0.2, 0) is 4.79 Å². The van der Waals surface area contributed by atoms with Crippen molar-refractivity contribution in [2.45, 2.75) is 46.1 Å². The molecule has 11 heavy (non-hydrogen) atoms. The number of ketones is 1. The minimum absolute atomic E-state index is 0.186. The molecule has 2 heteroatoms. The highest BCUT2D eigenvalue weighted by Gasteiger charge is 2.21. The molecule has 0 aliphatic rings. The summed E-state index contributed by atoms with van der Waals surface area (Å²) in [6, 6.07) is 0. The summed E-state index contributed by atoms with van der Waals surface area (Å²) in [5.41, 5.74) is -0.657. The van der Waals surface area contributed by atoms with Gasteiger partial charge in [0.25, 0.3) is 0 Å². The number of rotatable bonds is 4. The lowest BCUT2D eigenvalue weighted by Gasteiger charge is -2.25. The Bertz CT molecular complexity index is 133. The van der Waals surface area contributed by atoms with Crippen molar-refractivity contribution in [3.63, 3.8) is 0 Å². The van der Waals surface area contributed by atoms with Gasteiger partial charge in [-0.05, 0) is 33.1 Å². The number of aliphatic hydroxyl groups is 1. The zero-order chi connectivity index (χ0) is 9.07. The van der Waals surface area contributed by atoms with Gasteiger partial charge in [0.15, 0.2) is 0 Å². The van der Waals surface area contributed by atoms with Crippen LogP contribution in [0.15, 0.2) is 0 Å². The van der Waals surface area contributed by atoms with Crippen molar-refractivity contribution < 1.29 is 9.90 Å². The van der Waals surface area contributed by atoms with E-state index in [1.165, 1.54) is 0 Å². The maximum atomic E-state index is 10.6. The number of carbonyl (C=O) groups excluding carboxylic acids is 1. The molecule has 1 N–H and O–H groups in total. The normalized spacial score (nSPS) is 14.6. The van der Waals surface area contributed by atoms with Gasteiger partial charge in [0.2, 0.25) is 0 Å². The predicted molar refractivity (Wildman–Crippen MR) is 45.4 cm³/mol. The van der Waals surface area contributed by atoms with Gasteiger partial charge in [-0.2, -0.15) is 0 Å². The first-order valence-corrected chi connectivity index (χ1v) is 4.06. The van der Waals surface area contributed by atoms with Gasteiger partial charge < -0.3 is 9.90 Å². The quantitative estimate of drug-likeness (QED) is 0.677. The summed E-state index contributed by atoms with van der Waals surface area (Å²) in [6.45, 7) is 7.09. The summed E-state index contributed by atoms with van der Waals surface area (Å²) in [5, 5.41) is 9.49. The number of Topliss-reactive ketones (excluding diaryl/α,β-unsaturated/α-hetero) is 1. The van der Waals surface area contributed by atoms with Gasteiger partial charge in [-0.25, -0.2) is 0 Å². The Labute approximate surface area is 68.6 Å². The van der Waals surface area contributed by atoms with Gasteiger partial charge in [0.1, 0.15) is 5.78 Å². The van der Waals surface area contributed by atoms with Crippen molar-refractivity contribution in [2.75, 3.05) is 0 Å². The molecule has 0 spiro atoms. The van der Waals surface area contributed by atoms with Crippen LogP contribution in [0.5, 0.6) is 0 Å². The van der Waals surface area contributed by atoms with Crippen molar-refractivity contribution in [1.82, 2.24) is 0 Å². The van der Waals surface area contributed by atoms with E-state index in [0.29, 0.717) is 6.42 Å². The summed E-state index contributed by atoms with van der Waals surface area (Å²) in [5.74, 6) is 0.382. The molecule has 0 rings (SSSR count). The standard InChI is InChI=1S/C9H18O2/c1-7(9(3,4)11)5-6-8(2)10/h7,11H,5-6H2,1-4H3. The van der Waals surface area contributed by atoms with Crippen LogP contribution in [0.2, 0.25) is 0 Å². The fourth-order valence-corrected chi connectivity index (χ4v) is 0.773. The Kier molecular flexibility index (Phi) is 3.73. The van der Waals surface area contributed by atoms with Crippen LogP contribution < -0.4 is 0 Å². The third-order valence-electron chi connectivity index (χ3n) is 2.14. The van der Waals surface area contributed by atoms with E-state index in [0.717, 1.165) is 6.42 Å². The van der Waals surface area contributed by atoms with Crippen LogP contribution in [-0.4, -0.2) is 16.5 Å². The first kappa shape index (κ1) is 10.6. The lowest BCUT2D eigenvalue weighted by Crippen LogP contribution is -2.28. The van der Waals surface area contributed by atoms with E-state index in [9.17, 15) is 9.90 Å². The second kappa shape index (κ2) is 3.86. The van der Waals surface area contributed by atoms with E-state index in [4.69, 9.17) is 0 Å². The molecule has 0 saturated carbocycles. The first-order chi connectivity index (χ1) is 4.84. The molecule has 2 nitrogen and oxygen atoms in total. The molecule has 0 heterocycles. The van der Waals surface area contributed by atoms with Crippen LogP contribution >= 0.6 is 0 Å². The summed E-state index contributed by atoms with van der Waals surface area (Å²) < 4.78 is 0. The summed E-state index contributed by atoms with van der Waals surface area (Å²) >= 11 is 0. The van der Waals surface area contributed by atoms with Gasteiger partial charge in [0.05, 0.1) is 5.60 Å². The molecule has 66 valence electrons. The molecular weight excluding hydrogens is 140 g/mol. The molecule has 0 aromatic carbocycles. The number of hydrogen-bond acceptors (Lipinski definition) is 2. The third-order valence-corrected chi connectivity index (χ3v) is 2.14. The Balaban J connectivity index is 3.70. The molecular formula is C9H18O2. The number of carbonyl (C=O) groups is 1. The van der Waals surface area contributed by atoms with Crippen molar-refractivity contribution >= 4 is 5.78 Å². The van der Waals surface area contributed by atoms with Gasteiger partial charge >= 0.3 is 0 Å². The molecule has 0 radical (unpaired) electrons. The Morgan fingerprint density at radius 1 is 1.55 bits per heavy atom. The van der Waals surface area contributed by atoms with Gasteiger partial charge in [0, 0.05) is 6.42 Å². The van der Waals surface area contributed by atoms with Gasteiger partial charge in [-0.15, -0.1) is 0 Å². The van der Waals surface area contributed by atoms with Crippen LogP contribution in [0.4, 0.5) is 0 Å². The summed E-state index contributed by atoms with van der Waals surface area (Å²) in [6.07, 6.45) is 1.35. The smallest absolute Gasteiger partial charge is 0.129 e. The molecule has 0 aromatic rings. The van der Waals surface area contributed by atoms with Crippen molar-refractivity contribution in [1.29, 1.82) is 0 Å². The van der Waals surface area contributed by atoms with Gasteiger partial charge in [-0.1, -0.05) is 6.92 Å². The van der Waals surface area contributed by atoms with Crippen molar-refractivity contribution in [3.8, 4) is 0 Å². The SMILES string of the molecule is CC(=O)CCC(C)C(C)(C)O. The maximum Gasteiger partial charge on any atom is 0.129 e. The minimum atomic E-state index is -0.657. The second-order valence-electron chi connectivity index (χ2n) is 3.80. The topological polar surface area (TPSA) is 37.3 Å². The monoisotopic (exact) mass is 158 g/mol. The van der Waals surface area contributed by atoms with Crippen LogP contribution in [0.3, 0.4) is 0 Å². The molecule has 1 atom stereocenters. The van der Waals surface area contributed by atoms with Gasteiger partial charge in [-0.3, -0.25) is 0 Å². The molecule has 0 aliphatic heterocycles. The van der Waals surface area contributed by atoms with E-state index in [1.807, 2.05) is 6.92 Å². The summed E-state index contributed by atoms with van der Waals surface area (Å²) in [7, 11) is 0. The Morgan fingerprint density at radius 2 is 2.00 bits per heavy atom. The molecule has 0 amide bonds.